The average Bonchev–Trinajstić information content (AvgIpc) is 3.46. The number of carbonyl (C=O) groups excluding carboxylic acids is 1. The Kier molecular flexibility index (Phi) is 4.41. The molecule has 10 heteroatoms. The van der Waals surface area contributed by atoms with Crippen LogP contribution in [-0.2, 0) is 17.8 Å². The Labute approximate surface area is 169 Å². The molecule has 0 atom stereocenters. The largest absolute Gasteiger partial charge is 0.376 e. The number of ether oxygens (including phenoxy) is 1. The molecule has 9 nitrogen and oxygen atoms in total. The minimum Gasteiger partial charge on any atom is -0.376 e. The summed E-state index contributed by atoms with van der Waals surface area (Å²) in [4.78, 5) is 19.7. The summed E-state index contributed by atoms with van der Waals surface area (Å²) in [5, 5.41) is 15.9. The topological polar surface area (TPSA) is 108 Å². The van der Waals surface area contributed by atoms with Crippen LogP contribution in [0.4, 0.5) is 5.00 Å². The summed E-state index contributed by atoms with van der Waals surface area (Å²) in [6.07, 6.45) is 2.16. The van der Waals surface area contributed by atoms with Gasteiger partial charge in [-0.15, -0.1) is 16.4 Å². The fraction of sp³-hybridized carbons (Fsp3) is 0.211. The van der Waals surface area contributed by atoms with Crippen LogP contribution in [0.15, 0.2) is 41.1 Å². The molecular formula is C19H16N6O3S. The number of hydrogen-bond donors (Lipinski definition) is 1. The van der Waals surface area contributed by atoms with Crippen molar-refractivity contribution >= 4 is 22.2 Å². The first kappa shape index (κ1) is 17.7. The van der Waals surface area contributed by atoms with Crippen molar-refractivity contribution < 1.29 is 14.1 Å². The number of nitrogens with zero attached hydrogens (tertiary/aromatic N) is 5. The number of benzene rings is 1. The summed E-state index contributed by atoms with van der Waals surface area (Å²) in [6, 6.07) is 9.41. The Bertz CT molecular complexity index is 1180. The number of hydrogen-bond acceptors (Lipinski definition) is 8. The van der Waals surface area contributed by atoms with E-state index in [2.05, 4.69) is 25.7 Å². The number of amides is 1. The van der Waals surface area contributed by atoms with Crippen molar-refractivity contribution in [2.75, 3.05) is 11.9 Å². The second-order valence-electron chi connectivity index (χ2n) is 6.47. The molecule has 5 rings (SSSR count). The molecule has 0 fully saturated rings. The smallest absolute Gasteiger partial charge is 0.278 e. The van der Waals surface area contributed by atoms with E-state index in [1.807, 2.05) is 30.3 Å². The lowest BCUT2D eigenvalue weighted by atomic mass is 10.1. The molecule has 0 radical (unpaired) electrons. The van der Waals surface area contributed by atoms with Crippen LogP contribution in [0.1, 0.15) is 26.8 Å². The number of aryl methyl sites for hydroxylation is 1. The maximum atomic E-state index is 12.8. The van der Waals surface area contributed by atoms with E-state index in [4.69, 9.17) is 9.26 Å². The summed E-state index contributed by atoms with van der Waals surface area (Å²) in [5.74, 6) is 0.574. The maximum Gasteiger partial charge on any atom is 0.278 e. The predicted molar refractivity (Wildman–Crippen MR) is 105 cm³/mol. The molecule has 0 unspecified atom stereocenters. The molecule has 4 aromatic rings. The van der Waals surface area contributed by atoms with Crippen LogP contribution < -0.4 is 5.32 Å². The highest BCUT2D eigenvalue weighted by Crippen LogP contribution is 2.42. The summed E-state index contributed by atoms with van der Waals surface area (Å²) in [7, 11) is 0. The van der Waals surface area contributed by atoms with Gasteiger partial charge in [0.25, 0.3) is 11.8 Å². The molecule has 1 N–H and O–H groups in total. The first-order chi connectivity index (χ1) is 14.2. The van der Waals surface area contributed by atoms with Gasteiger partial charge in [-0.1, -0.05) is 23.4 Å². The van der Waals surface area contributed by atoms with Crippen molar-refractivity contribution in [2.45, 2.75) is 20.0 Å². The van der Waals surface area contributed by atoms with E-state index in [1.54, 1.807) is 6.92 Å². The van der Waals surface area contributed by atoms with Gasteiger partial charge in [-0.2, -0.15) is 14.9 Å². The molecule has 0 bridgehead atoms. The Morgan fingerprint density at radius 2 is 2.14 bits per heavy atom. The van der Waals surface area contributed by atoms with Crippen LogP contribution in [-0.4, -0.2) is 37.6 Å². The Morgan fingerprint density at radius 1 is 1.28 bits per heavy atom. The lowest BCUT2D eigenvalue weighted by molar-refractivity contribution is 0.102. The minimum atomic E-state index is -0.357. The van der Waals surface area contributed by atoms with Gasteiger partial charge in [0.2, 0.25) is 0 Å². The molecule has 1 amide bonds. The Hall–Kier alpha value is -3.37. The van der Waals surface area contributed by atoms with Crippen LogP contribution in [0.5, 0.6) is 0 Å². The third-order valence-electron chi connectivity index (χ3n) is 4.50. The van der Waals surface area contributed by atoms with Gasteiger partial charge in [0.1, 0.15) is 5.00 Å². The van der Waals surface area contributed by atoms with Gasteiger partial charge in [-0.25, -0.2) is 0 Å². The van der Waals surface area contributed by atoms with Crippen LogP contribution in [0.2, 0.25) is 0 Å². The third kappa shape index (κ3) is 3.32. The standard InChI is InChI=1S/C19H16N6O3S/c1-11-21-18(28-24-11)16-13-7-8-27-10-15(13)29-19(16)22-17(26)14-9-20-25(23-14)12-5-3-2-4-6-12/h2-6,9H,7-8,10H2,1H3,(H,22,26). The number of anilines is 1. The Balaban J connectivity index is 1.47. The molecule has 4 heterocycles. The van der Waals surface area contributed by atoms with Crippen molar-refractivity contribution in [3.05, 3.63) is 58.5 Å². The van der Waals surface area contributed by atoms with E-state index in [0.717, 1.165) is 28.1 Å². The molecule has 0 saturated heterocycles. The van der Waals surface area contributed by atoms with E-state index in [9.17, 15) is 4.79 Å². The van der Waals surface area contributed by atoms with Gasteiger partial charge in [0.15, 0.2) is 11.5 Å². The quantitative estimate of drug-likeness (QED) is 0.553. The normalized spacial score (nSPS) is 13.3. The van der Waals surface area contributed by atoms with E-state index in [0.29, 0.717) is 29.9 Å². The van der Waals surface area contributed by atoms with Gasteiger partial charge < -0.3 is 14.6 Å². The predicted octanol–water partition coefficient (Wildman–Crippen LogP) is 3.01. The van der Waals surface area contributed by atoms with Gasteiger partial charge in [0.05, 0.1) is 30.7 Å². The van der Waals surface area contributed by atoms with Crippen LogP contribution in [0.25, 0.3) is 17.1 Å². The molecular weight excluding hydrogens is 392 g/mol. The molecule has 1 aromatic carbocycles. The molecule has 0 spiro atoms. The van der Waals surface area contributed by atoms with Gasteiger partial charge >= 0.3 is 0 Å². The van der Waals surface area contributed by atoms with Crippen molar-refractivity contribution in [3.63, 3.8) is 0 Å². The van der Waals surface area contributed by atoms with Crippen LogP contribution >= 0.6 is 11.3 Å². The second kappa shape index (κ2) is 7.22. The second-order valence-corrected chi connectivity index (χ2v) is 7.57. The van der Waals surface area contributed by atoms with E-state index in [1.165, 1.54) is 22.3 Å². The summed E-state index contributed by atoms with van der Waals surface area (Å²) in [5.41, 5.74) is 2.83. The minimum absolute atomic E-state index is 0.212. The SMILES string of the molecule is Cc1noc(-c2c(NC(=O)c3cnn(-c4ccccc4)n3)sc3c2CCOC3)n1. The number of nitrogens with one attached hydrogen (secondary N) is 1. The number of rotatable bonds is 4. The average molecular weight is 408 g/mol. The summed E-state index contributed by atoms with van der Waals surface area (Å²) < 4.78 is 10.9. The van der Waals surface area contributed by atoms with Crippen molar-refractivity contribution in [1.82, 2.24) is 25.1 Å². The van der Waals surface area contributed by atoms with Crippen molar-refractivity contribution in [3.8, 4) is 17.1 Å². The van der Waals surface area contributed by atoms with Gasteiger partial charge in [-0.05, 0) is 31.0 Å². The van der Waals surface area contributed by atoms with E-state index < -0.39 is 0 Å². The first-order valence-corrected chi connectivity index (χ1v) is 9.83. The molecule has 146 valence electrons. The van der Waals surface area contributed by atoms with Crippen molar-refractivity contribution in [1.29, 1.82) is 0 Å². The molecule has 1 aliphatic heterocycles. The Morgan fingerprint density at radius 3 is 2.93 bits per heavy atom. The molecule has 0 saturated carbocycles. The van der Waals surface area contributed by atoms with Crippen LogP contribution in [0.3, 0.4) is 0 Å². The highest BCUT2D eigenvalue weighted by molar-refractivity contribution is 7.17. The van der Waals surface area contributed by atoms with Gasteiger partial charge in [0, 0.05) is 4.88 Å². The van der Waals surface area contributed by atoms with Gasteiger partial charge in [-0.3, -0.25) is 4.79 Å². The zero-order valence-electron chi connectivity index (χ0n) is 15.5. The van der Waals surface area contributed by atoms with E-state index >= 15 is 0 Å². The van der Waals surface area contributed by atoms with E-state index in [-0.39, 0.29) is 11.6 Å². The number of aromatic nitrogens is 5. The molecule has 1 aliphatic rings. The highest BCUT2D eigenvalue weighted by atomic mass is 32.1. The fourth-order valence-corrected chi connectivity index (χ4v) is 4.34. The van der Waals surface area contributed by atoms with Crippen LogP contribution in [0, 0.1) is 6.92 Å². The lowest BCUT2D eigenvalue weighted by Crippen LogP contribution is -2.13. The lowest BCUT2D eigenvalue weighted by Gasteiger charge is -2.12. The zero-order valence-corrected chi connectivity index (χ0v) is 16.3. The number of carbonyl (C=O) groups is 1. The highest BCUT2D eigenvalue weighted by Gasteiger charge is 2.27. The maximum absolute atomic E-state index is 12.8. The summed E-state index contributed by atoms with van der Waals surface area (Å²) >= 11 is 1.45. The first-order valence-electron chi connectivity index (χ1n) is 9.01. The zero-order chi connectivity index (χ0) is 19.8. The molecule has 0 aliphatic carbocycles. The fourth-order valence-electron chi connectivity index (χ4n) is 3.17. The molecule has 3 aromatic heterocycles. The molecule has 29 heavy (non-hydrogen) atoms. The summed E-state index contributed by atoms with van der Waals surface area (Å²) in [6.45, 7) is 2.87. The number of para-hydroxylation sites is 1. The number of fused-ring (bicyclic) bond motifs is 1. The number of thiophene rings is 1. The third-order valence-corrected chi connectivity index (χ3v) is 5.62. The monoisotopic (exact) mass is 408 g/mol. The van der Waals surface area contributed by atoms with Crippen molar-refractivity contribution in [2.24, 2.45) is 0 Å².